The smallest absolute Gasteiger partial charge is 0.327 e. The van der Waals surface area contributed by atoms with Crippen LogP contribution in [0.4, 0.5) is 0 Å². The molecule has 3 aromatic rings. The second-order valence-electron chi connectivity index (χ2n) is 10.6. The number of carbonyl (C=O) groups is 3. The second kappa shape index (κ2) is 16.0. The van der Waals surface area contributed by atoms with E-state index in [2.05, 4.69) is 15.3 Å². The molecule has 3 unspecified atom stereocenters. The van der Waals surface area contributed by atoms with Crippen molar-refractivity contribution in [2.75, 3.05) is 52.5 Å². The van der Waals surface area contributed by atoms with Gasteiger partial charge in [0, 0.05) is 28.8 Å². The fourth-order valence-corrected chi connectivity index (χ4v) is 7.05. The summed E-state index contributed by atoms with van der Waals surface area (Å²) in [5, 5.41) is 13.3. The van der Waals surface area contributed by atoms with Gasteiger partial charge in [0.1, 0.15) is 42.2 Å². The lowest BCUT2D eigenvalue weighted by molar-refractivity contribution is -0.164. The van der Waals surface area contributed by atoms with Gasteiger partial charge in [-0.1, -0.05) is 35.4 Å². The van der Waals surface area contributed by atoms with E-state index in [9.17, 15) is 24.3 Å². The van der Waals surface area contributed by atoms with Crippen LogP contribution in [0.1, 0.15) is 0 Å². The zero-order valence-corrected chi connectivity index (χ0v) is 27.5. The molecule has 2 aliphatic rings. The van der Waals surface area contributed by atoms with Crippen LogP contribution in [0, 0.1) is 5.92 Å². The van der Waals surface area contributed by atoms with Crippen LogP contribution in [0.2, 0.25) is 10.0 Å². The molecule has 2 fully saturated rings. The lowest BCUT2D eigenvalue weighted by atomic mass is 9.93. The highest BCUT2D eigenvalue weighted by Gasteiger charge is 2.57. The molecule has 250 valence electrons. The molecule has 3 N–H and O–H groups in total. The Hall–Kier alpha value is -3.66. The number of thioether (sulfide) groups is 1. The van der Waals surface area contributed by atoms with Crippen molar-refractivity contribution in [2.24, 2.45) is 5.92 Å². The van der Waals surface area contributed by atoms with E-state index >= 15 is 0 Å². The summed E-state index contributed by atoms with van der Waals surface area (Å²) >= 11 is 13.7. The minimum absolute atomic E-state index is 0.0586. The van der Waals surface area contributed by atoms with Crippen LogP contribution < -0.4 is 15.6 Å². The first-order valence-corrected chi connectivity index (χ1v) is 16.4. The van der Waals surface area contributed by atoms with Gasteiger partial charge >= 0.3 is 5.97 Å². The number of aromatic amines is 1. The molecular formula is C31H32Cl2N4O9S. The predicted molar refractivity (Wildman–Crippen MR) is 176 cm³/mol. The number of hydrogen-bond donors (Lipinski definition) is 3. The molecule has 0 bridgehead atoms. The van der Waals surface area contributed by atoms with E-state index in [1.807, 2.05) is 0 Å². The minimum atomic E-state index is -1.14. The van der Waals surface area contributed by atoms with Crippen LogP contribution >= 0.6 is 35.0 Å². The second-order valence-corrected chi connectivity index (χ2v) is 12.6. The van der Waals surface area contributed by atoms with Crippen molar-refractivity contribution in [1.82, 2.24) is 20.2 Å². The highest BCUT2D eigenvalue weighted by atomic mass is 35.5. The molecule has 2 saturated heterocycles. The van der Waals surface area contributed by atoms with E-state index in [1.54, 1.807) is 49.6 Å². The number of carboxylic acid groups (broad SMARTS) is 1. The molecule has 0 radical (unpaired) electrons. The molecule has 3 heterocycles. The van der Waals surface area contributed by atoms with E-state index in [-0.39, 0.29) is 31.2 Å². The van der Waals surface area contributed by atoms with Crippen molar-refractivity contribution in [3.8, 4) is 17.1 Å². The van der Waals surface area contributed by atoms with E-state index in [4.69, 9.17) is 42.1 Å². The Balaban J connectivity index is 1.18. The van der Waals surface area contributed by atoms with Crippen LogP contribution in [-0.2, 0) is 28.6 Å². The first-order chi connectivity index (χ1) is 22.7. The number of methoxy groups -OCH3 is 1. The number of aliphatic carboxylic acids is 1. The summed E-state index contributed by atoms with van der Waals surface area (Å²) in [5.74, 6) is -1.54. The molecule has 1 aromatic heterocycles. The summed E-state index contributed by atoms with van der Waals surface area (Å²) in [6.07, 6.45) is 3.39. The topological polar surface area (TPSA) is 169 Å². The van der Waals surface area contributed by atoms with Gasteiger partial charge < -0.3 is 39.3 Å². The third kappa shape index (κ3) is 8.26. The fraction of sp³-hybridized carbons (Fsp3) is 0.387. The number of carbonyl (C=O) groups excluding carboxylic acids is 2. The number of aromatic nitrogens is 2. The summed E-state index contributed by atoms with van der Waals surface area (Å²) in [5.41, 5.74) is 0.530. The number of fused-ring (bicyclic) bond motifs is 2. The maximum atomic E-state index is 13.0. The molecule has 2 amide bonds. The summed E-state index contributed by atoms with van der Waals surface area (Å²) < 4.78 is 21.4. The van der Waals surface area contributed by atoms with Crippen molar-refractivity contribution < 1.29 is 38.4 Å². The molecule has 13 nitrogen and oxygen atoms in total. The zero-order chi connectivity index (χ0) is 33.5. The Morgan fingerprint density at radius 3 is 2.64 bits per heavy atom. The van der Waals surface area contributed by atoms with Gasteiger partial charge in [-0.3, -0.25) is 14.4 Å². The SMILES string of the molecule is COCCOCCOCC(=O)N[C@@H]1C(=O)N2C(C(=O)O)C(/C=C/COc3ccc(Cl)cc3-c3nc4ccc(Cl)cc4c(=O)[nH]3)CSC12. The highest BCUT2D eigenvalue weighted by Crippen LogP contribution is 2.41. The fourth-order valence-electron chi connectivity index (χ4n) is 5.22. The number of rotatable bonds is 15. The number of H-pyrrole nitrogens is 1. The Morgan fingerprint density at radius 2 is 1.85 bits per heavy atom. The van der Waals surface area contributed by atoms with Crippen molar-refractivity contribution >= 4 is 63.7 Å². The third-order valence-corrected chi connectivity index (χ3v) is 9.32. The van der Waals surface area contributed by atoms with Gasteiger partial charge in [-0.15, -0.1) is 11.8 Å². The number of hydrogen-bond acceptors (Lipinski definition) is 10. The van der Waals surface area contributed by atoms with E-state index < -0.39 is 41.2 Å². The molecular weight excluding hydrogens is 675 g/mol. The Morgan fingerprint density at radius 1 is 1.11 bits per heavy atom. The highest BCUT2D eigenvalue weighted by molar-refractivity contribution is 8.00. The first-order valence-electron chi connectivity index (χ1n) is 14.6. The molecule has 47 heavy (non-hydrogen) atoms. The Bertz CT molecular complexity index is 1720. The molecule has 0 spiro atoms. The monoisotopic (exact) mass is 706 g/mol. The lowest BCUT2D eigenvalue weighted by Crippen LogP contribution is -2.75. The summed E-state index contributed by atoms with van der Waals surface area (Å²) in [7, 11) is 1.57. The van der Waals surface area contributed by atoms with Crippen molar-refractivity contribution in [3.05, 3.63) is 68.9 Å². The summed E-state index contributed by atoms with van der Waals surface area (Å²) in [6.45, 7) is 1.18. The minimum Gasteiger partial charge on any atom is -0.489 e. The molecule has 2 aliphatic heterocycles. The van der Waals surface area contributed by atoms with Crippen LogP contribution in [0.15, 0.2) is 53.3 Å². The Labute approximate surface area is 283 Å². The number of ether oxygens (including phenoxy) is 4. The number of β-lactam (4-membered cyclic amide) rings is 1. The lowest BCUT2D eigenvalue weighted by Gasteiger charge is -2.53. The molecule has 0 saturated carbocycles. The standard InChI is InChI=1S/C31H32Cl2N4O9S/c1-43-9-10-44-11-12-45-15-24(38)35-25-29(40)37-26(31(41)42)17(16-47-30(25)37)3-2-8-46-23-7-5-19(33)14-21(23)27-34-22-6-4-18(32)13-20(22)28(39)36-27/h2-7,13-14,17,25-26,30H,8-12,15-16H2,1H3,(H,35,38)(H,41,42)(H,34,36,39)/b3-2+/t17?,25-,26?,30?/m1/s1. The van der Waals surface area contributed by atoms with Crippen LogP contribution in [0.25, 0.3) is 22.3 Å². The summed E-state index contributed by atoms with van der Waals surface area (Å²) in [4.78, 5) is 58.9. The number of halogens is 2. The average Bonchev–Trinajstić information content (AvgIpc) is 3.05. The van der Waals surface area contributed by atoms with E-state index in [0.717, 1.165) is 0 Å². The van der Waals surface area contributed by atoms with Gasteiger partial charge in [0.15, 0.2) is 0 Å². The van der Waals surface area contributed by atoms with Crippen molar-refractivity contribution in [1.29, 1.82) is 0 Å². The number of carboxylic acids is 1. The summed E-state index contributed by atoms with van der Waals surface area (Å²) in [6, 6.07) is 7.78. The Kier molecular flexibility index (Phi) is 11.8. The zero-order valence-electron chi connectivity index (χ0n) is 25.1. The normalized spacial score (nSPS) is 20.7. The third-order valence-electron chi connectivity index (χ3n) is 7.43. The van der Waals surface area contributed by atoms with E-state index in [0.29, 0.717) is 57.8 Å². The van der Waals surface area contributed by atoms with Gasteiger partial charge in [0.05, 0.1) is 42.9 Å². The first kappa shape index (κ1) is 34.7. The van der Waals surface area contributed by atoms with Crippen molar-refractivity contribution in [3.63, 3.8) is 0 Å². The van der Waals surface area contributed by atoms with E-state index in [1.165, 1.54) is 22.7 Å². The molecule has 4 atom stereocenters. The molecule has 2 aromatic carbocycles. The predicted octanol–water partition coefficient (Wildman–Crippen LogP) is 2.98. The average molecular weight is 708 g/mol. The van der Waals surface area contributed by atoms with Crippen LogP contribution in [-0.4, -0.2) is 108 Å². The van der Waals surface area contributed by atoms with Gasteiger partial charge in [-0.2, -0.15) is 0 Å². The number of nitrogens with zero attached hydrogens (tertiary/aromatic N) is 2. The number of benzene rings is 2. The largest absolute Gasteiger partial charge is 0.489 e. The van der Waals surface area contributed by atoms with Gasteiger partial charge in [0.2, 0.25) is 11.8 Å². The quantitative estimate of drug-likeness (QED) is 0.121. The maximum Gasteiger partial charge on any atom is 0.327 e. The van der Waals surface area contributed by atoms with Crippen LogP contribution in [0.5, 0.6) is 5.75 Å². The molecule has 5 rings (SSSR count). The van der Waals surface area contributed by atoms with Gasteiger partial charge in [-0.25, -0.2) is 9.78 Å². The molecule has 0 aliphatic carbocycles. The maximum absolute atomic E-state index is 13.0. The number of amides is 2. The van der Waals surface area contributed by atoms with Gasteiger partial charge in [0.25, 0.3) is 5.56 Å². The van der Waals surface area contributed by atoms with Crippen molar-refractivity contribution in [2.45, 2.75) is 17.5 Å². The van der Waals surface area contributed by atoms with Crippen LogP contribution in [0.3, 0.4) is 0 Å². The van der Waals surface area contributed by atoms with Gasteiger partial charge in [-0.05, 0) is 36.4 Å². The number of nitrogens with one attached hydrogen (secondary N) is 2. The molecule has 16 heteroatoms.